The fourth-order valence-corrected chi connectivity index (χ4v) is 7.25. The second-order valence-corrected chi connectivity index (χ2v) is 17.8. The van der Waals surface area contributed by atoms with Crippen molar-refractivity contribution in [1.29, 1.82) is 0 Å². The van der Waals surface area contributed by atoms with E-state index in [9.17, 15) is 14.4 Å². The molecule has 0 N–H and O–H groups in total. The van der Waals surface area contributed by atoms with Gasteiger partial charge in [0.1, 0.15) is 13.2 Å². The fraction of sp³-hybridized carbons (Fsp3) is 0.683. The Morgan fingerprint density at radius 2 is 0.621 bits per heavy atom. The smallest absolute Gasteiger partial charge is 0.306 e. The summed E-state index contributed by atoms with van der Waals surface area (Å²) in [6.45, 7) is 6.42. The molecular weight excluding hydrogens is 817 g/mol. The zero-order valence-electron chi connectivity index (χ0n) is 42.9. The number of hydrogen-bond donors (Lipinski definition) is 0. The van der Waals surface area contributed by atoms with Gasteiger partial charge in [0.2, 0.25) is 0 Å². The third-order valence-corrected chi connectivity index (χ3v) is 11.3. The highest BCUT2D eigenvalue weighted by molar-refractivity contribution is 5.71. The molecule has 0 aliphatic rings. The predicted octanol–water partition coefficient (Wildman–Crippen LogP) is 18.1. The summed E-state index contributed by atoms with van der Waals surface area (Å²) in [4.78, 5) is 37.8. The van der Waals surface area contributed by atoms with E-state index >= 15 is 0 Å². The third kappa shape index (κ3) is 51.3. The molecular formula is C60H100O6. The lowest BCUT2D eigenvalue weighted by Crippen LogP contribution is -2.30. The molecule has 66 heavy (non-hydrogen) atoms. The molecule has 0 aliphatic heterocycles. The number of rotatable bonds is 48. The molecule has 0 bridgehead atoms. The van der Waals surface area contributed by atoms with Gasteiger partial charge in [0, 0.05) is 19.3 Å². The van der Waals surface area contributed by atoms with Gasteiger partial charge in [0.25, 0.3) is 0 Å². The van der Waals surface area contributed by atoms with Crippen molar-refractivity contribution in [3.05, 3.63) is 97.2 Å². The van der Waals surface area contributed by atoms with E-state index in [1.54, 1.807) is 0 Å². The van der Waals surface area contributed by atoms with Gasteiger partial charge in [0.15, 0.2) is 6.10 Å². The molecule has 6 heteroatoms. The largest absolute Gasteiger partial charge is 0.462 e. The minimum absolute atomic E-state index is 0.0832. The molecule has 0 fully saturated rings. The first-order valence-electron chi connectivity index (χ1n) is 27.2. The van der Waals surface area contributed by atoms with Crippen LogP contribution in [0.4, 0.5) is 0 Å². The Labute approximate surface area is 407 Å². The summed E-state index contributed by atoms with van der Waals surface area (Å²) in [7, 11) is 0. The summed E-state index contributed by atoms with van der Waals surface area (Å²) < 4.78 is 16.7. The van der Waals surface area contributed by atoms with Gasteiger partial charge in [-0.05, 0) is 96.3 Å². The van der Waals surface area contributed by atoms with E-state index in [-0.39, 0.29) is 31.1 Å². The molecule has 0 saturated heterocycles. The van der Waals surface area contributed by atoms with Crippen LogP contribution in [0.25, 0.3) is 0 Å². The first-order valence-corrected chi connectivity index (χ1v) is 27.2. The molecule has 0 aromatic rings. The summed E-state index contributed by atoms with van der Waals surface area (Å²) in [6.07, 6.45) is 71.3. The lowest BCUT2D eigenvalue weighted by atomic mass is 10.1. The van der Waals surface area contributed by atoms with E-state index in [1.807, 2.05) is 0 Å². The van der Waals surface area contributed by atoms with Crippen molar-refractivity contribution < 1.29 is 28.6 Å². The van der Waals surface area contributed by atoms with Crippen molar-refractivity contribution in [2.45, 2.75) is 252 Å². The summed E-state index contributed by atoms with van der Waals surface area (Å²) in [6, 6.07) is 0. The molecule has 1 atom stereocenters. The quantitative estimate of drug-likeness (QED) is 0.0262. The van der Waals surface area contributed by atoms with E-state index in [2.05, 4.69) is 118 Å². The number of unbranched alkanes of at least 4 members (excludes halogenated alkanes) is 21. The number of hydrogen-bond acceptors (Lipinski definition) is 6. The van der Waals surface area contributed by atoms with E-state index in [0.717, 1.165) is 128 Å². The highest BCUT2D eigenvalue weighted by Crippen LogP contribution is 2.14. The van der Waals surface area contributed by atoms with Crippen molar-refractivity contribution in [2.75, 3.05) is 13.2 Å². The monoisotopic (exact) mass is 917 g/mol. The molecule has 0 saturated carbocycles. The average Bonchev–Trinajstić information content (AvgIpc) is 3.31. The normalized spacial score (nSPS) is 12.8. The molecule has 0 radical (unpaired) electrons. The minimum Gasteiger partial charge on any atom is -0.462 e. The van der Waals surface area contributed by atoms with Gasteiger partial charge in [0.05, 0.1) is 0 Å². The molecule has 0 rings (SSSR count). The highest BCUT2D eigenvalue weighted by atomic mass is 16.6. The van der Waals surface area contributed by atoms with Crippen LogP contribution in [-0.4, -0.2) is 37.2 Å². The Kier molecular flexibility index (Phi) is 50.9. The number of carbonyl (C=O) groups excluding carboxylic acids is 3. The number of ether oxygens (including phenoxy) is 3. The van der Waals surface area contributed by atoms with Crippen molar-refractivity contribution in [2.24, 2.45) is 0 Å². The molecule has 376 valence electrons. The van der Waals surface area contributed by atoms with E-state index < -0.39 is 6.10 Å². The molecule has 6 nitrogen and oxygen atoms in total. The highest BCUT2D eigenvalue weighted by Gasteiger charge is 2.19. The molecule has 0 aliphatic carbocycles. The molecule has 0 spiro atoms. The van der Waals surface area contributed by atoms with Crippen molar-refractivity contribution in [3.63, 3.8) is 0 Å². The summed E-state index contributed by atoms with van der Waals surface area (Å²) in [5, 5.41) is 0. The zero-order chi connectivity index (χ0) is 47.9. The van der Waals surface area contributed by atoms with E-state index in [0.29, 0.717) is 19.3 Å². The van der Waals surface area contributed by atoms with Gasteiger partial charge in [-0.3, -0.25) is 14.4 Å². The summed E-state index contributed by atoms with van der Waals surface area (Å²) in [5.41, 5.74) is 0. The maximum Gasteiger partial charge on any atom is 0.306 e. The Morgan fingerprint density at radius 1 is 0.318 bits per heavy atom. The number of carbonyl (C=O) groups is 3. The number of esters is 3. The SMILES string of the molecule is CC/C=C\C/C=C\C/C=C\C/C=C\C/C=C\C/C=C\C/C=C\CCCCCCCCCC(=O)OCC(COC(=O)CCCCCCCCCCC)OC(=O)CCCCCCC/C=C\CCC. The van der Waals surface area contributed by atoms with Crippen LogP contribution in [0.15, 0.2) is 97.2 Å². The maximum atomic E-state index is 12.7. The predicted molar refractivity (Wildman–Crippen MR) is 284 cm³/mol. The standard InChI is InChI=1S/C60H100O6/c1-4-7-10-13-16-19-21-22-23-24-25-26-27-28-29-30-31-32-33-34-35-36-37-38-39-42-44-47-50-53-59(62)65-56-57(55-64-58(61)52-49-46-43-40-18-15-12-9-6-3)66-60(63)54-51-48-45-41-20-17-14-11-8-5-2/h7,10-11,14,16,19,22-23,25-26,28-29,31-32,34-35,57H,4-6,8-9,12-13,15,17-18,20-21,24,27,30,33,36-56H2,1-3H3/b10-7-,14-11-,19-16-,23-22-,26-25-,29-28-,32-31-,35-34-. The van der Waals surface area contributed by atoms with Gasteiger partial charge in [-0.15, -0.1) is 0 Å². The molecule has 0 amide bonds. The van der Waals surface area contributed by atoms with Crippen LogP contribution < -0.4 is 0 Å². The Morgan fingerprint density at radius 3 is 1.00 bits per heavy atom. The Balaban J connectivity index is 4.18. The third-order valence-electron chi connectivity index (χ3n) is 11.3. The lowest BCUT2D eigenvalue weighted by Gasteiger charge is -2.18. The van der Waals surface area contributed by atoms with Crippen LogP contribution in [-0.2, 0) is 28.6 Å². The molecule has 1 unspecified atom stereocenters. The van der Waals surface area contributed by atoms with Gasteiger partial charge < -0.3 is 14.2 Å². The van der Waals surface area contributed by atoms with Crippen LogP contribution in [0.1, 0.15) is 245 Å². The van der Waals surface area contributed by atoms with Crippen molar-refractivity contribution in [1.82, 2.24) is 0 Å². The van der Waals surface area contributed by atoms with Crippen LogP contribution in [0.5, 0.6) is 0 Å². The minimum atomic E-state index is -0.782. The maximum absolute atomic E-state index is 12.7. The fourth-order valence-electron chi connectivity index (χ4n) is 7.25. The second kappa shape index (κ2) is 53.9. The molecule has 0 aromatic carbocycles. The summed E-state index contributed by atoms with van der Waals surface area (Å²) in [5.74, 6) is -0.911. The number of allylic oxidation sites excluding steroid dienone is 16. The zero-order valence-corrected chi connectivity index (χ0v) is 42.9. The topological polar surface area (TPSA) is 78.9 Å². The van der Waals surface area contributed by atoms with Crippen molar-refractivity contribution in [3.8, 4) is 0 Å². The van der Waals surface area contributed by atoms with Gasteiger partial charge in [-0.1, -0.05) is 227 Å². The first-order chi connectivity index (χ1) is 32.5. The molecule has 0 aromatic heterocycles. The summed E-state index contributed by atoms with van der Waals surface area (Å²) >= 11 is 0. The first kappa shape index (κ1) is 62.3. The van der Waals surface area contributed by atoms with Gasteiger partial charge in [-0.25, -0.2) is 0 Å². The van der Waals surface area contributed by atoms with Crippen molar-refractivity contribution >= 4 is 17.9 Å². The van der Waals surface area contributed by atoms with E-state index in [1.165, 1.54) is 77.0 Å². The van der Waals surface area contributed by atoms with Crippen LogP contribution in [0.3, 0.4) is 0 Å². The van der Waals surface area contributed by atoms with E-state index in [4.69, 9.17) is 14.2 Å². The van der Waals surface area contributed by atoms with Crippen LogP contribution in [0.2, 0.25) is 0 Å². The lowest BCUT2D eigenvalue weighted by molar-refractivity contribution is -0.167. The van der Waals surface area contributed by atoms with Gasteiger partial charge >= 0.3 is 17.9 Å². The average molecular weight is 917 g/mol. The molecule has 0 heterocycles. The van der Waals surface area contributed by atoms with Gasteiger partial charge in [-0.2, -0.15) is 0 Å². The Bertz CT molecular complexity index is 1330. The second-order valence-electron chi connectivity index (χ2n) is 17.8. The van der Waals surface area contributed by atoms with Crippen LogP contribution >= 0.6 is 0 Å². The van der Waals surface area contributed by atoms with Crippen LogP contribution in [0, 0.1) is 0 Å². The Hall–Kier alpha value is -3.67.